The zero-order chi connectivity index (χ0) is 20.5. The van der Waals surface area contributed by atoms with E-state index in [1.165, 1.54) is 22.6 Å². The van der Waals surface area contributed by atoms with Crippen LogP contribution in [0.5, 0.6) is 0 Å². The number of halogens is 2. The summed E-state index contributed by atoms with van der Waals surface area (Å²) in [4.78, 5) is 12.8. The first kappa shape index (κ1) is 20.9. The average molecular weight is 473 g/mol. The van der Waals surface area contributed by atoms with Crippen LogP contribution in [0.1, 0.15) is 25.5 Å². The van der Waals surface area contributed by atoms with Crippen molar-refractivity contribution in [1.29, 1.82) is 0 Å². The highest BCUT2D eigenvalue weighted by atomic mass is 79.9. The van der Waals surface area contributed by atoms with Crippen molar-refractivity contribution in [3.8, 4) is 0 Å². The highest BCUT2D eigenvalue weighted by Gasteiger charge is 2.35. The maximum Gasteiger partial charge on any atom is 0.246 e. The van der Waals surface area contributed by atoms with Crippen LogP contribution >= 0.6 is 15.9 Å². The van der Waals surface area contributed by atoms with Crippen LogP contribution in [0.25, 0.3) is 0 Å². The van der Waals surface area contributed by atoms with Crippen LogP contribution < -0.4 is 5.32 Å². The van der Waals surface area contributed by atoms with Crippen molar-refractivity contribution in [2.24, 2.45) is 5.92 Å². The fourth-order valence-electron chi connectivity index (χ4n) is 3.25. The lowest BCUT2D eigenvalue weighted by Gasteiger charge is -2.31. The third kappa shape index (κ3) is 4.28. The Morgan fingerprint density at radius 3 is 2.82 bits per heavy atom. The molecule has 1 aliphatic heterocycles. The summed E-state index contributed by atoms with van der Waals surface area (Å²) < 4.78 is 43.5. The lowest BCUT2D eigenvalue weighted by Crippen LogP contribution is -2.43. The summed E-state index contributed by atoms with van der Waals surface area (Å²) in [5.41, 5.74) is 0.513. The van der Waals surface area contributed by atoms with Crippen LogP contribution in [-0.4, -0.2) is 41.5 Å². The second kappa shape index (κ2) is 8.30. The Bertz CT molecular complexity index is 993. The Kier molecular flexibility index (Phi) is 6.21. The van der Waals surface area contributed by atoms with Crippen LogP contribution in [0.3, 0.4) is 0 Å². The molecule has 1 atom stereocenters. The Morgan fingerprint density at radius 2 is 2.18 bits per heavy atom. The van der Waals surface area contributed by atoms with Gasteiger partial charge in [-0.1, -0.05) is 15.9 Å². The van der Waals surface area contributed by atoms with Gasteiger partial charge in [0, 0.05) is 30.3 Å². The van der Waals surface area contributed by atoms with Gasteiger partial charge in [0.2, 0.25) is 15.9 Å². The Morgan fingerprint density at radius 1 is 1.43 bits per heavy atom. The Labute approximate surface area is 172 Å². The van der Waals surface area contributed by atoms with Crippen molar-refractivity contribution in [2.45, 2.75) is 38.1 Å². The lowest BCUT2D eigenvalue weighted by atomic mass is 9.98. The van der Waals surface area contributed by atoms with Crippen molar-refractivity contribution in [2.75, 3.05) is 18.4 Å². The molecule has 1 amide bonds. The predicted octanol–water partition coefficient (Wildman–Crippen LogP) is 3.15. The van der Waals surface area contributed by atoms with E-state index >= 15 is 0 Å². The first-order valence-electron chi connectivity index (χ1n) is 9.02. The summed E-state index contributed by atoms with van der Waals surface area (Å²) in [7, 11) is -3.75. The van der Waals surface area contributed by atoms with Gasteiger partial charge in [0.25, 0.3) is 0 Å². The molecular formula is C18H22BrFN4O3S. The fraction of sp³-hybridized carbons (Fsp3) is 0.444. The molecule has 1 aliphatic rings. The average Bonchev–Trinajstić information content (AvgIpc) is 3.06. The first-order chi connectivity index (χ1) is 13.2. The minimum absolute atomic E-state index is 0.0586. The van der Waals surface area contributed by atoms with E-state index in [0.717, 1.165) is 0 Å². The van der Waals surface area contributed by atoms with Gasteiger partial charge >= 0.3 is 0 Å². The van der Waals surface area contributed by atoms with Crippen LogP contribution in [0.15, 0.2) is 33.8 Å². The molecule has 1 saturated heterocycles. The molecule has 2 aromatic rings. The number of hydrogen-bond donors (Lipinski definition) is 1. The minimum Gasteiger partial charge on any atom is -0.323 e. The van der Waals surface area contributed by atoms with Gasteiger partial charge in [0.15, 0.2) is 0 Å². The van der Waals surface area contributed by atoms with E-state index in [9.17, 15) is 17.6 Å². The molecule has 1 aromatic carbocycles. The summed E-state index contributed by atoms with van der Waals surface area (Å²) in [6.07, 6.45) is 2.62. The molecule has 0 bridgehead atoms. The number of amides is 1. The number of rotatable bonds is 5. The minimum atomic E-state index is -3.75. The molecule has 0 aliphatic carbocycles. The van der Waals surface area contributed by atoms with Crippen molar-refractivity contribution in [1.82, 2.24) is 14.1 Å². The predicted molar refractivity (Wildman–Crippen MR) is 107 cm³/mol. The van der Waals surface area contributed by atoms with Gasteiger partial charge in [0.05, 0.1) is 17.3 Å². The van der Waals surface area contributed by atoms with Crippen molar-refractivity contribution < 1.29 is 17.6 Å². The number of sulfonamides is 1. The number of aromatic nitrogens is 2. The van der Waals surface area contributed by atoms with Gasteiger partial charge in [-0.3, -0.25) is 9.48 Å². The second-order valence-corrected chi connectivity index (χ2v) is 9.57. The maximum absolute atomic E-state index is 14.0. The number of anilines is 1. The first-order valence-corrected chi connectivity index (χ1v) is 11.3. The summed E-state index contributed by atoms with van der Waals surface area (Å²) >= 11 is 3.17. The smallest absolute Gasteiger partial charge is 0.246 e. The third-order valence-electron chi connectivity index (χ3n) is 4.79. The topological polar surface area (TPSA) is 84.3 Å². The van der Waals surface area contributed by atoms with E-state index in [4.69, 9.17) is 0 Å². The number of aryl methyl sites for hydroxylation is 2. The van der Waals surface area contributed by atoms with Gasteiger partial charge < -0.3 is 5.32 Å². The summed E-state index contributed by atoms with van der Waals surface area (Å²) in [5, 5.41) is 6.77. The molecular weight excluding hydrogens is 451 g/mol. The summed E-state index contributed by atoms with van der Waals surface area (Å²) in [5.74, 6) is -1.49. The number of carbonyl (C=O) groups is 1. The van der Waals surface area contributed by atoms with Gasteiger partial charge in [-0.05, 0) is 44.9 Å². The van der Waals surface area contributed by atoms with E-state index in [-0.39, 0.29) is 23.0 Å². The van der Waals surface area contributed by atoms with Crippen molar-refractivity contribution >= 4 is 37.5 Å². The number of nitrogens with zero attached hydrogens (tertiary/aromatic N) is 3. The van der Waals surface area contributed by atoms with Crippen molar-refractivity contribution in [3.63, 3.8) is 0 Å². The van der Waals surface area contributed by atoms with Crippen LogP contribution in [0.4, 0.5) is 10.1 Å². The quantitative estimate of drug-likeness (QED) is 0.723. The van der Waals surface area contributed by atoms with E-state index in [1.807, 2.05) is 6.92 Å². The molecule has 3 rings (SSSR count). The third-order valence-corrected chi connectivity index (χ3v) is 7.25. The molecule has 28 heavy (non-hydrogen) atoms. The van der Waals surface area contributed by atoms with E-state index in [0.29, 0.717) is 36.1 Å². The largest absolute Gasteiger partial charge is 0.323 e. The molecule has 1 N–H and O–H groups in total. The molecule has 152 valence electrons. The standard InChI is InChI=1S/C18H22BrFN4O3S/c1-3-23-11-17(12(2)22-23)28(26,27)24-8-4-5-13(10-24)18(25)21-16-7-6-14(19)9-15(16)20/h6-7,9,11,13H,3-5,8,10H2,1-2H3,(H,21,25)/t13-/m0/s1. The zero-order valence-corrected chi connectivity index (χ0v) is 18.1. The van der Waals surface area contributed by atoms with Gasteiger partial charge in [-0.15, -0.1) is 0 Å². The molecule has 0 spiro atoms. The highest BCUT2D eigenvalue weighted by Crippen LogP contribution is 2.27. The molecule has 2 heterocycles. The summed E-state index contributed by atoms with van der Waals surface area (Å²) in [6.45, 7) is 4.51. The molecule has 0 saturated carbocycles. The van der Waals surface area contributed by atoms with E-state index in [2.05, 4.69) is 26.3 Å². The molecule has 1 aromatic heterocycles. The van der Waals surface area contributed by atoms with Gasteiger partial charge in [-0.2, -0.15) is 9.40 Å². The number of nitrogens with one attached hydrogen (secondary N) is 1. The zero-order valence-electron chi connectivity index (χ0n) is 15.7. The molecule has 1 fully saturated rings. The second-order valence-electron chi connectivity index (χ2n) is 6.75. The number of hydrogen-bond acceptors (Lipinski definition) is 4. The highest BCUT2D eigenvalue weighted by molar-refractivity contribution is 9.10. The number of piperidine rings is 1. The normalized spacial score (nSPS) is 18.2. The molecule has 0 radical (unpaired) electrons. The van der Waals surface area contributed by atoms with Crippen LogP contribution in [0, 0.1) is 18.7 Å². The van der Waals surface area contributed by atoms with E-state index < -0.39 is 21.8 Å². The van der Waals surface area contributed by atoms with Crippen molar-refractivity contribution in [3.05, 3.63) is 40.4 Å². The van der Waals surface area contributed by atoms with Crippen LogP contribution in [0.2, 0.25) is 0 Å². The summed E-state index contributed by atoms with van der Waals surface area (Å²) in [6, 6.07) is 4.36. The Hall–Kier alpha value is -1.78. The van der Waals surface area contributed by atoms with E-state index in [1.54, 1.807) is 17.7 Å². The Balaban J connectivity index is 1.75. The molecule has 7 nitrogen and oxygen atoms in total. The van der Waals surface area contributed by atoms with Gasteiger partial charge in [-0.25, -0.2) is 12.8 Å². The number of benzene rings is 1. The maximum atomic E-state index is 14.0. The molecule has 0 unspecified atom stereocenters. The van der Waals surface area contributed by atoms with Gasteiger partial charge in [0.1, 0.15) is 10.7 Å². The number of carbonyl (C=O) groups excluding carboxylic acids is 1. The SMILES string of the molecule is CCn1cc(S(=O)(=O)N2CCC[C@H](C(=O)Nc3ccc(Br)cc3F)C2)c(C)n1. The van der Waals surface area contributed by atoms with Crippen LogP contribution in [-0.2, 0) is 21.4 Å². The lowest BCUT2D eigenvalue weighted by molar-refractivity contribution is -0.120. The molecule has 10 heteroatoms. The fourth-order valence-corrected chi connectivity index (χ4v) is 5.28. The monoisotopic (exact) mass is 472 g/mol.